The molecule has 3 aliphatic rings. The largest absolute Gasteiger partial charge is 0.353 e. The van der Waals surface area contributed by atoms with Crippen molar-refractivity contribution >= 4 is 29.6 Å². The van der Waals surface area contributed by atoms with Crippen LogP contribution in [0.15, 0.2) is 37.2 Å². The fourth-order valence-electron chi connectivity index (χ4n) is 4.82. The lowest BCUT2D eigenvalue weighted by Crippen LogP contribution is -2.51. The summed E-state index contributed by atoms with van der Waals surface area (Å²) in [6, 6.07) is 8.87. The van der Waals surface area contributed by atoms with Gasteiger partial charge in [0.15, 0.2) is 0 Å². The van der Waals surface area contributed by atoms with Crippen LogP contribution in [-0.2, 0) is 10.5 Å². The number of piperazine rings is 1. The molecular formula is C25H31N5OS. The van der Waals surface area contributed by atoms with E-state index in [-0.39, 0.29) is 11.8 Å². The van der Waals surface area contributed by atoms with Crippen LogP contribution in [0.2, 0.25) is 0 Å². The third kappa shape index (κ3) is 4.16. The number of thioether (sulfide) groups is 1. The minimum absolute atomic E-state index is 0.120. The van der Waals surface area contributed by atoms with Gasteiger partial charge in [-0.2, -0.15) is 0 Å². The second-order valence-electron chi connectivity index (χ2n) is 9.05. The van der Waals surface area contributed by atoms with Crippen molar-refractivity contribution in [2.24, 2.45) is 0 Å². The highest BCUT2D eigenvalue weighted by Crippen LogP contribution is 2.44. The number of nitrogens with zero attached hydrogens (tertiary/aromatic N) is 5. The number of carbonyl (C=O) groups excluding carboxylic acids is 1. The molecule has 5 rings (SSSR count). The average Bonchev–Trinajstić information content (AvgIpc) is 3.41. The van der Waals surface area contributed by atoms with Gasteiger partial charge in [-0.05, 0) is 25.0 Å². The van der Waals surface area contributed by atoms with E-state index < -0.39 is 0 Å². The summed E-state index contributed by atoms with van der Waals surface area (Å²) in [5.41, 5.74) is 4.63. The van der Waals surface area contributed by atoms with E-state index in [2.05, 4.69) is 69.4 Å². The maximum atomic E-state index is 13.6. The normalized spacial score (nSPS) is 25.4. The quantitative estimate of drug-likeness (QED) is 0.629. The zero-order chi connectivity index (χ0) is 22.2. The maximum Gasteiger partial charge on any atom is 0.231 e. The second kappa shape index (κ2) is 8.87. The van der Waals surface area contributed by atoms with Crippen molar-refractivity contribution in [2.45, 2.75) is 36.8 Å². The molecule has 0 N–H and O–H groups in total. The van der Waals surface area contributed by atoms with Crippen molar-refractivity contribution in [3.05, 3.63) is 59.6 Å². The van der Waals surface area contributed by atoms with E-state index in [1.54, 1.807) is 6.33 Å². The summed E-state index contributed by atoms with van der Waals surface area (Å²) < 4.78 is 0. The van der Waals surface area contributed by atoms with E-state index in [0.717, 1.165) is 62.0 Å². The smallest absolute Gasteiger partial charge is 0.231 e. The molecular weight excluding hydrogens is 418 g/mol. The van der Waals surface area contributed by atoms with Gasteiger partial charge in [0, 0.05) is 61.9 Å². The number of aromatic nitrogens is 2. The predicted octanol–water partition coefficient (Wildman–Crippen LogP) is 3.56. The van der Waals surface area contributed by atoms with Crippen LogP contribution >= 0.6 is 11.8 Å². The van der Waals surface area contributed by atoms with E-state index in [1.807, 2.05) is 17.8 Å². The van der Waals surface area contributed by atoms with Gasteiger partial charge in [0.1, 0.15) is 12.1 Å². The van der Waals surface area contributed by atoms with Gasteiger partial charge in [0.05, 0.1) is 11.6 Å². The maximum absolute atomic E-state index is 13.6. The van der Waals surface area contributed by atoms with Crippen molar-refractivity contribution in [2.75, 3.05) is 44.2 Å². The molecule has 0 bridgehead atoms. The summed E-state index contributed by atoms with van der Waals surface area (Å²) in [6.07, 6.45) is 3.54. The Morgan fingerprint density at radius 1 is 1.19 bits per heavy atom. The summed E-state index contributed by atoms with van der Waals surface area (Å²) in [5.74, 6) is 2.15. The van der Waals surface area contributed by atoms with Gasteiger partial charge < -0.3 is 9.80 Å². The Bertz CT molecular complexity index is 1000. The molecule has 2 saturated heterocycles. The van der Waals surface area contributed by atoms with Crippen LogP contribution in [0.1, 0.15) is 47.4 Å². The number of rotatable bonds is 6. The zero-order valence-corrected chi connectivity index (χ0v) is 19.7. The van der Waals surface area contributed by atoms with Crippen molar-refractivity contribution < 1.29 is 4.79 Å². The Morgan fingerprint density at radius 3 is 2.56 bits per heavy atom. The van der Waals surface area contributed by atoms with E-state index in [0.29, 0.717) is 11.3 Å². The Labute approximate surface area is 194 Å². The molecule has 0 saturated carbocycles. The van der Waals surface area contributed by atoms with Gasteiger partial charge >= 0.3 is 0 Å². The molecule has 0 radical (unpaired) electrons. The standard InChI is InChI=1S/C25H31N5OS/c1-4-19-5-7-20(8-6-19)21(14-30-13-17(30)2)25(31)29-11-9-28(10-12-29)24-23-18(3)32-15-22(23)26-16-27-24/h4-8,16-18,21H,1,9-15H2,2-3H3/t17?,18-,21?,30?/m0/s1. The molecule has 1 amide bonds. The van der Waals surface area contributed by atoms with Crippen molar-refractivity contribution in [3.63, 3.8) is 0 Å². The van der Waals surface area contributed by atoms with Crippen LogP contribution in [0, 0.1) is 0 Å². The molecule has 2 fully saturated rings. The van der Waals surface area contributed by atoms with Crippen LogP contribution in [0.5, 0.6) is 0 Å². The first-order valence-corrected chi connectivity index (χ1v) is 12.6. The fourth-order valence-corrected chi connectivity index (χ4v) is 5.87. The van der Waals surface area contributed by atoms with Crippen LogP contribution in [0.3, 0.4) is 0 Å². The minimum atomic E-state index is -0.120. The van der Waals surface area contributed by atoms with Crippen LogP contribution in [-0.4, -0.2) is 71.0 Å². The lowest BCUT2D eigenvalue weighted by molar-refractivity contribution is -0.133. The monoisotopic (exact) mass is 449 g/mol. The molecule has 2 aromatic rings. The zero-order valence-electron chi connectivity index (χ0n) is 18.9. The summed E-state index contributed by atoms with van der Waals surface area (Å²) in [7, 11) is 0. The Hall–Kier alpha value is -2.38. The molecule has 7 heteroatoms. The molecule has 0 aliphatic carbocycles. The number of anilines is 1. The van der Waals surface area contributed by atoms with Gasteiger partial charge in [-0.1, -0.05) is 36.9 Å². The van der Waals surface area contributed by atoms with E-state index >= 15 is 0 Å². The summed E-state index contributed by atoms with van der Waals surface area (Å²) in [6.45, 7) is 13.3. The average molecular weight is 450 g/mol. The molecule has 1 aromatic heterocycles. The Balaban J connectivity index is 1.30. The fraction of sp³-hybridized carbons (Fsp3) is 0.480. The molecule has 168 valence electrons. The molecule has 32 heavy (non-hydrogen) atoms. The van der Waals surface area contributed by atoms with Crippen molar-refractivity contribution in [1.82, 2.24) is 19.8 Å². The van der Waals surface area contributed by atoms with E-state index in [4.69, 9.17) is 0 Å². The lowest BCUT2D eigenvalue weighted by Gasteiger charge is -2.38. The highest BCUT2D eigenvalue weighted by molar-refractivity contribution is 7.99. The SMILES string of the molecule is C=Cc1ccc(C(CN2CC2C)C(=O)N2CCN(c3ncnc4c3[C@H](C)SC4)CC2)cc1. The molecule has 3 unspecified atom stereocenters. The predicted molar refractivity (Wildman–Crippen MR) is 131 cm³/mol. The number of carbonyl (C=O) groups is 1. The molecule has 3 aliphatic heterocycles. The van der Waals surface area contributed by atoms with E-state index in [1.165, 1.54) is 11.3 Å². The first kappa shape index (κ1) is 21.5. The highest BCUT2D eigenvalue weighted by Gasteiger charge is 2.37. The van der Waals surface area contributed by atoms with Crippen LogP contribution < -0.4 is 4.90 Å². The van der Waals surface area contributed by atoms with Crippen molar-refractivity contribution in [1.29, 1.82) is 0 Å². The summed E-state index contributed by atoms with van der Waals surface area (Å²) in [5, 5.41) is 0.429. The summed E-state index contributed by atoms with van der Waals surface area (Å²) in [4.78, 5) is 29.5. The molecule has 4 atom stereocenters. The first-order chi connectivity index (χ1) is 15.5. The topological polar surface area (TPSA) is 52.3 Å². The highest BCUT2D eigenvalue weighted by atomic mass is 32.2. The van der Waals surface area contributed by atoms with Gasteiger partial charge in [-0.3, -0.25) is 9.69 Å². The number of benzene rings is 1. The van der Waals surface area contributed by atoms with Crippen LogP contribution in [0.25, 0.3) is 6.08 Å². The van der Waals surface area contributed by atoms with Crippen molar-refractivity contribution in [3.8, 4) is 0 Å². The number of amides is 1. The molecule has 6 nitrogen and oxygen atoms in total. The van der Waals surface area contributed by atoms with Gasteiger partial charge in [0.25, 0.3) is 0 Å². The summed E-state index contributed by atoms with van der Waals surface area (Å²) >= 11 is 1.92. The first-order valence-electron chi connectivity index (χ1n) is 11.5. The third-order valence-electron chi connectivity index (χ3n) is 6.99. The van der Waals surface area contributed by atoms with Gasteiger partial charge in [-0.25, -0.2) is 9.97 Å². The lowest BCUT2D eigenvalue weighted by atomic mass is 9.95. The Kier molecular flexibility index (Phi) is 5.95. The van der Waals surface area contributed by atoms with Crippen LogP contribution in [0.4, 0.5) is 5.82 Å². The molecule has 1 aromatic carbocycles. The minimum Gasteiger partial charge on any atom is -0.353 e. The number of hydrogen-bond acceptors (Lipinski definition) is 6. The molecule has 4 heterocycles. The Morgan fingerprint density at radius 2 is 1.91 bits per heavy atom. The number of fused-ring (bicyclic) bond motifs is 1. The van der Waals surface area contributed by atoms with Gasteiger partial charge in [0.2, 0.25) is 5.91 Å². The number of hydrogen-bond donors (Lipinski definition) is 0. The second-order valence-corrected chi connectivity index (χ2v) is 10.4. The third-order valence-corrected chi connectivity index (χ3v) is 8.17. The molecule has 0 spiro atoms. The van der Waals surface area contributed by atoms with E-state index in [9.17, 15) is 4.79 Å². The van der Waals surface area contributed by atoms with Gasteiger partial charge in [-0.15, -0.1) is 11.8 Å².